The average Bonchev–Trinajstić information content (AvgIpc) is 2.95. The molecule has 0 aliphatic carbocycles. The van der Waals surface area contributed by atoms with Crippen LogP contribution in [0.4, 0.5) is 0 Å². The number of unbranched alkanes of at least 4 members (excludes halogenated alkanes) is 6. The van der Waals surface area contributed by atoms with Gasteiger partial charge in [-0.05, 0) is 0 Å². The third-order valence-corrected chi connectivity index (χ3v) is 4.71. The standard InChI is InChI=1S/C15H30B4/c1-4-6-8-10-12-15(3,13-11-9-7-5-2)14-16-18-19-17-14/h16H,4-13H2,1-3H3. The van der Waals surface area contributed by atoms with Crippen molar-refractivity contribution in [1.82, 2.24) is 0 Å². The monoisotopic (exact) mass is 254 g/mol. The third-order valence-electron chi connectivity index (χ3n) is 4.71. The normalized spacial score (nSPS) is 13.3. The van der Waals surface area contributed by atoms with Crippen molar-refractivity contribution >= 4 is 32.7 Å². The molecule has 0 fully saturated rings. The Balaban J connectivity index is 2.42. The van der Waals surface area contributed by atoms with Crippen LogP contribution in [0.15, 0.2) is 0 Å². The van der Waals surface area contributed by atoms with E-state index in [1.54, 1.807) is 5.36 Å². The summed E-state index contributed by atoms with van der Waals surface area (Å²) in [4.78, 5) is 0. The summed E-state index contributed by atoms with van der Waals surface area (Å²) in [5.74, 6) is 0. The van der Waals surface area contributed by atoms with Crippen molar-refractivity contribution in [2.75, 3.05) is 0 Å². The molecule has 0 unspecified atom stereocenters. The van der Waals surface area contributed by atoms with Gasteiger partial charge in [-0.2, -0.15) is 0 Å². The van der Waals surface area contributed by atoms with Gasteiger partial charge >= 0.3 is 123 Å². The van der Waals surface area contributed by atoms with Crippen LogP contribution >= 0.6 is 0 Å². The van der Waals surface area contributed by atoms with E-state index in [9.17, 15) is 0 Å². The Labute approximate surface area is 123 Å². The summed E-state index contributed by atoms with van der Waals surface area (Å²) in [5, 5.41) is 1.69. The third kappa shape index (κ3) is 6.41. The molecule has 0 bridgehead atoms. The molecule has 4 heteroatoms. The van der Waals surface area contributed by atoms with Gasteiger partial charge < -0.3 is 0 Å². The fourth-order valence-corrected chi connectivity index (χ4v) is 3.22. The molecule has 0 amide bonds. The van der Waals surface area contributed by atoms with Crippen LogP contribution in [0.1, 0.15) is 85.0 Å². The molecule has 0 radical (unpaired) electrons. The zero-order valence-electron chi connectivity index (χ0n) is 13.5. The number of hydrogen-bond donors (Lipinski definition) is 0. The van der Waals surface area contributed by atoms with Gasteiger partial charge in [-0.15, -0.1) is 0 Å². The van der Waals surface area contributed by atoms with Gasteiger partial charge in [0, 0.05) is 0 Å². The van der Waals surface area contributed by atoms with Gasteiger partial charge in [-0.25, -0.2) is 0 Å². The number of hydrogen-bond acceptors (Lipinski definition) is 0. The topological polar surface area (TPSA) is 0 Å². The molecule has 1 aliphatic rings. The summed E-state index contributed by atoms with van der Waals surface area (Å²) in [6.07, 6.45) is 14.0. The van der Waals surface area contributed by atoms with Crippen LogP contribution in [0.3, 0.4) is 0 Å². The second-order valence-electron chi connectivity index (χ2n) is 6.51. The Bertz CT molecular complexity index is 285. The van der Waals surface area contributed by atoms with E-state index in [4.69, 9.17) is 0 Å². The minimum atomic E-state index is 0.477. The Kier molecular flexibility index (Phi) is 8.99. The molecule has 102 valence electrons. The van der Waals surface area contributed by atoms with Crippen molar-refractivity contribution < 1.29 is 0 Å². The number of rotatable bonds is 11. The van der Waals surface area contributed by atoms with Gasteiger partial charge in [0.15, 0.2) is 0 Å². The first-order valence-electron chi connectivity index (χ1n) is 8.59. The van der Waals surface area contributed by atoms with E-state index in [1.807, 2.05) is 0 Å². The molecule has 0 N–H and O–H groups in total. The van der Waals surface area contributed by atoms with Crippen molar-refractivity contribution in [2.24, 2.45) is 5.41 Å². The summed E-state index contributed by atoms with van der Waals surface area (Å²) >= 11 is 0. The van der Waals surface area contributed by atoms with Crippen molar-refractivity contribution in [3.8, 4) is 0 Å². The van der Waals surface area contributed by atoms with Crippen molar-refractivity contribution in [2.45, 2.75) is 85.0 Å². The second-order valence-corrected chi connectivity index (χ2v) is 6.51. The van der Waals surface area contributed by atoms with Crippen LogP contribution < -0.4 is 0 Å². The van der Waals surface area contributed by atoms with E-state index >= 15 is 0 Å². The van der Waals surface area contributed by atoms with Gasteiger partial charge in [-0.1, -0.05) is 0 Å². The van der Waals surface area contributed by atoms with Crippen molar-refractivity contribution in [1.29, 1.82) is 0 Å². The first-order valence-corrected chi connectivity index (χ1v) is 8.59. The van der Waals surface area contributed by atoms with E-state index < -0.39 is 0 Å². The zero-order chi connectivity index (χ0) is 14.0. The van der Waals surface area contributed by atoms with Crippen LogP contribution in [0.25, 0.3) is 0 Å². The molecule has 1 heterocycles. The second kappa shape index (κ2) is 9.94. The molecule has 19 heavy (non-hydrogen) atoms. The zero-order valence-corrected chi connectivity index (χ0v) is 13.5. The molecule has 0 saturated heterocycles. The maximum absolute atomic E-state index is 2.52. The van der Waals surface area contributed by atoms with Gasteiger partial charge in [0.25, 0.3) is 0 Å². The maximum atomic E-state index is 2.52. The van der Waals surface area contributed by atoms with Gasteiger partial charge in [0.05, 0.1) is 0 Å². The predicted molar refractivity (Wildman–Crippen MR) is 95.0 cm³/mol. The Hall–Kier alpha value is 0.130. The molecule has 0 spiro atoms. The molecular formula is C15H30B4. The average molecular weight is 254 g/mol. The molecule has 0 aromatic heterocycles. The van der Waals surface area contributed by atoms with Crippen LogP contribution in [0.5, 0.6) is 0 Å². The summed E-state index contributed by atoms with van der Waals surface area (Å²) < 4.78 is 0. The van der Waals surface area contributed by atoms with E-state index in [-0.39, 0.29) is 0 Å². The summed E-state index contributed by atoms with van der Waals surface area (Å²) in [7, 11) is 1.21. The molecule has 0 aromatic rings. The van der Waals surface area contributed by atoms with E-state index in [1.165, 1.54) is 71.4 Å². The van der Waals surface area contributed by atoms with Gasteiger partial charge in [-0.3, -0.25) is 0 Å². The molecule has 1 rings (SSSR count). The molecule has 1 aliphatic heterocycles. The van der Waals surface area contributed by atoms with Crippen molar-refractivity contribution in [3.63, 3.8) is 0 Å². The summed E-state index contributed by atoms with van der Waals surface area (Å²) in [6.45, 7) is 14.1. The SMILES string of the molecule is CCCCCCC(C)(CCCCCC)C1=BB=BB1. The summed E-state index contributed by atoms with van der Waals surface area (Å²) in [6, 6.07) is 0. The van der Waals surface area contributed by atoms with Crippen LogP contribution in [-0.2, 0) is 0 Å². The first-order chi connectivity index (χ1) is 9.23. The Morgan fingerprint density at radius 3 is 1.89 bits per heavy atom. The van der Waals surface area contributed by atoms with Gasteiger partial charge in [0.1, 0.15) is 0 Å². The minimum absolute atomic E-state index is 0.477. The van der Waals surface area contributed by atoms with E-state index in [2.05, 4.69) is 41.0 Å². The Morgan fingerprint density at radius 2 is 1.47 bits per heavy atom. The van der Waals surface area contributed by atoms with Crippen molar-refractivity contribution in [3.05, 3.63) is 0 Å². The predicted octanol–water partition coefficient (Wildman–Crippen LogP) is 3.37. The van der Waals surface area contributed by atoms with E-state index in [0.29, 0.717) is 5.41 Å². The van der Waals surface area contributed by atoms with E-state index in [0.717, 1.165) is 0 Å². The van der Waals surface area contributed by atoms with Gasteiger partial charge in [0.2, 0.25) is 0 Å². The fourth-order valence-electron chi connectivity index (χ4n) is 3.22. The van der Waals surface area contributed by atoms with Crippen LogP contribution in [0, 0.1) is 5.41 Å². The molecule has 0 aromatic carbocycles. The molecule has 0 saturated carbocycles. The van der Waals surface area contributed by atoms with Crippen LogP contribution in [0.2, 0.25) is 0 Å². The molecular weight excluding hydrogens is 223 g/mol. The molecule has 0 atom stereocenters. The Morgan fingerprint density at radius 1 is 0.895 bits per heavy atom. The van der Waals surface area contributed by atoms with Crippen LogP contribution in [-0.4, -0.2) is 32.7 Å². The fraction of sp³-hybridized carbons (Fsp3) is 0.933. The summed E-state index contributed by atoms with van der Waals surface area (Å²) in [5.41, 5.74) is 0.477. The first kappa shape index (κ1) is 17.2. The molecule has 0 nitrogen and oxygen atoms in total. The quantitative estimate of drug-likeness (QED) is 0.391.